The molecular weight excluding hydrogens is 360 g/mol. The fraction of sp³-hybridized carbons (Fsp3) is 0.375. The number of rotatable bonds is 4. The van der Waals surface area contributed by atoms with Gasteiger partial charge in [0.15, 0.2) is 0 Å². The number of aliphatic carboxylic acids is 1. The second-order valence-electron chi connectivity index (χ2n) is 6.01. The van der Waals surface area contributed by atoms with Gasteiger partial charge in [-0.25, -0.2) is 4.79 Å². The first kappa shape index (κ1) is 17.7. The summed E-state index contributed by atoms with van der Waals surface area (Å²) >= 11 is 2.53. The maximum absolute atomic E-state index is 12.4. The van der Waals surface area contributed by atoms with Crippen molar-refractivity contribution in [1.82, 2.24) is 14.3 Å². The molecule has 0 radical (unpaired) electrons. The van der Waals surface area contributed by atoms with Crippen molar-refractivity contribution in [3.05, 3.63) is 30.3 Å². The summed E-state index contributed by atoms with van der Waals surface area (Å²) < 4.78 is 4.23. The molecule has 9 heteroatoms. The summed E-state index contributed by atoms with van der Waals surface area (Å²) in [5, 5.41) is 12.9. The van der Waals surface area contributed by atoms with Crippen LogP contribution < -0.4 is 5.32 Å². The van der Waals surface area contributed by atoms with E-state index in [1.165, 1.54) is 11.8 Å². The van der Waals surface area contributed by atoms with Crippen molar-refractivity contribution in [3.63, 3.8) is 0 Å². The predicted octanol–water partition coefficient (Wildman–Crippen LogP) is 3.26. The average molecular weight is 378 g/mol. The van der Waals surface area contributed by atoms with Gasteiger partial charge in [0, 0.05) is 29.5 Å². The van der Waals surface area contributed by atoms with Crippen molar-refractivity contribution < 1.29 is 14.7 Å². The molecular formula is C16H18N4O3S2. The molecule has 1 fully saturated rings. The molecule has 0 spiro atoms. The second-order valence-corrected chi connectivity index (χ2v) is 7.80. The van der Waals surface area contributed by atoms with Gasteiger partial charge >= 0.3 is 12.0 Å². The number of aromatic nitrogens is 2. The average Bonchev–Trinajstić information content (AvgIpc) is 3.02. The van der Waals surface area contributed by atoms with Crippen LogP contribution in [0.25, 0.3) is 0 Å². The number of hydrogen-bond donors (Lipinski definition) is 2. The second kappa shape index (κ2) is 7.83. The van der Waals surface area contributed by atoms with Crippen LogP contribution in [0, 0.1) is 11.8 Å². The fourth-order valence-electron chi connectivity index (χ4n) is 2.76. The number of nitrogens with one attached hydrogen (secondary N) is 1. The van der Waals surface area contributed by atoms with E-state index in [-0.39, 0.29) is 18.5 Å². The Kier molecular flexibility index (Phi) is 5.54. The number of piperidine rings is 1. The summed E-state index contributed by atoms with van der Waals surface area (Å²) in [6.07, 6.45) is 0.593. The van der Waals surface area contributed by atoms with Crippen molar-refractivity contribution >= 4 is 40.4 Å². The predicted molar refractivity (Wildman–Crippen MR) is 96.0 cm³/mol. The van der Waals surface area contributed by atoms with Gasteiger partial charge in [0.05, 0.1) is 5.92 Å². The highest BCUT2D eigenvalue weighted by Crippen LogP contribution is 2.28. The van der Waals surface area contributed by atoms with E-state index in [4.69, 9.17) is 0 Å². The van der Waals surface area contributed by atoms with E-state index in [0.29, 0.717) is 23.3 Å². The molecule has 132 valence electrons. The Balaban J connectivity index is 1.60. The summed E-state index contributed by atoms with van der Waals surface area (Å²) in [4.78, 5) is 30.5. The highest BCUT2D eigenvalue weighted by molar-refractivity contribution is 7.99. The van der Waals surface area contributed by atoms with E-state index >= 15 is 0 Å². The summed E-state index contributed by atoms with van der Waals surface area (Å²) in [7, 11) is 0. The van der Waals surface area contributed by atoms with Crippen LogP contribution in [0.1, 0.15) is 13.3 Å². The normalized spacial score (nSPS) is 20.3. The van der Waals surface area contributed by atoms with Crippen molar-refractivity contribution in [2.75, 3.05) is 18.4 Å². The molecule has 1 aromatic heterocycles. The van der Waals surface area contributed by atoms with Crippen LogP contribution in [-0.4, -0.2) is 44.5 Å². The van der Waals surface area contributed by atoms with Gasteiger partial charge in [-0.15, -0.1) is 0 Å². The molecule has 25 heavy (non-hydrogen) atoms. The first-order chi connectivity index (χ1) is 12.0. The lowest BCUT2D eigenvalue weighted by molar-refractivity contribution is -0.143. The third kappa shape index (κ3) is 4.70. The van der Waals surface area contributed by atoms with E-state index in [1.54, 1.807) is 4.90 Å². The first-order valence-electron chi connectivity index (χ1n) is 7.86. The third-order valence-corrected chi connectivity index (χ3v) is 5.49. The van der Waals surface area contributed by atoms with Gasteiger partial charge in [0.2, 0.25) is 10.3 Å². The third-order valence-electron chi connectivity index (χ3n) is 3.87. The van der Waals surface area contributed by atoms with Crippen molar-refractivity contribution in [2.24, 2.45) is 11.8 Å². The molecule has 1 saturated heterocycles. The highest BCUT2D eigenvalue weighted by atomic mass is 32.2. The molecule has 1 aliphatic heterocycles. The minimum atomic E-state index is -0.859. The Bertz CT molecular complexity index is 753. The standard InChI is InChI=1S/C16H18N4O3S2/c1-10-7-11(13(21)22)9-20(8-10)16(23)18-14-17-15(19-25-14)24-12-5-3-2-4-6-12/h2-6,10-11H,7-9H2,1H3,(H,21,22)(H,17,18,19,23). The molecule has 0 aliphatic carbocycles. The summed E-state index contributed by atoms with van der Waals surface area (Å²) in [6, 6.07) is 9.41. The number of nitrogens with zero attached hydrogens (tertiary/aromatic N) is 3. The molecule has 1 aromatic carbocycles. The van der Waals surface area contributed by atoms with Crippen LogP contribution in [0.4, 0.5) is 9.93 Å². The number of carboxylic acids is 1. The Hall–Kier alpha value is -2.13. The van der Waals surface area contributed by atoms with Crippen molar-refractivity contribution in [3.8, 4) is 0 Å². The molecule has 2 N–H and O–H groups in total. The van der Waals surface area contributed by atoms with Gasteiger partial charge in [-0.1, -0.05) is 25.1 Å². The molecule has 2 unspecified atom stereocenters. The molecule has 0 bridgehead atoms. The lowest BCUT2D eigenvalue weighted by atomic mass is 9.91. The Morgan fingerprint density at radius 1 is 1.32 bits per heavy atom. The van der Waals surface area contributed by atoms with Crippen LogP contribution >= 0.6 is 23.3 Å². The number of urea groups is 1. The molecule has 1 aliphatic rings. The molecule has 2 amide bonds. The summed E-state index contributed by atoms with van der Waals surface area (Å²) in [5.74, 6) is -1.23. The van der Waals surface area contributed by atoms with Gasteiger partial charge < -0.3 is 10.0 Å². The molecule has 2 aromatic rings. The van der Waals surface area contributed by atoms with E-state index in [0.717, 1.165) is 16.4 Å². The van der Waals surface area contributed by atoms with Crippen LogP contribution in [0.5, 0.6) is 0 Å². The Labute approximate surface area is 153 Å². The van der Waals surface area contributed by atoms with E-state index in [9.17, 15) is 14.7 Å². The van der Waals surface area contributed by atoms with E-state index in [1.807, 2.05) is 37.3 Å². The zero-order valence-electron chi connectivity index (χ0n) is 13.6. The van der Waals surface area contributed by atoms with E-state index in [2.05, 4.69) is 14.7 Å². The van der Waals surface area contributed by atoms with E-state index < -0.39 is 11.9 Å². The van der Waals surface area contributed by atoms with Crippen molar-refractivity contribution in [1.29, 1.82) is 0 Å². The van der Waals surface area contributed by atoms with Crippen LogP contribution in [0.3, 0.4) is 0 Å². The highest BCUT2D eigenvalue weighted by Gasteiger charge is 2.32. The largest absolute Gasteiger partial charge is 0.481 e. The topological polar surface area (TPSA) is 95.4 Å². The number of likely N-dealkylation sites (tertiary alicyclic amines) is 1. The quantitative estimate of drug-likeness (QED) is 0.848. The lowest BCUT2D eigenvalue weighted by Gasteiger charge is -2.34. The zero-order chi connectivity index (χ0) is 17.8. The van der Waals surface area contributed by atoms with Gasteiger partial charge in [-0.3, -0.25) is 10.1 Å². The molecule has 0 saturated carbocycles. The number of carbonyl (C=O) groups excluding carboxylic acids is 1. The number of carboxylic acid groups (broad SMARTS) is 1. The summed E-state index contributed by atoms with van der Waals surface area (Å²) in [6.45, 7) is 2.71. The first-order valence-corrected chi connectivity index (χ1v) is 9.45. The maximum atomic E-state index is 12.4. The number of anilines is 1. The van der Waals surface area contributed by atoms with Gasteiger partial charge in [0.25, 0.3) is 0 Å². The number of hydrogen-bond acceptors (Lipinski definition) is 6. The summed E-state index contributed by atoms with van der Waals surface area (Å²) in [5.41, 5.74) is 0. The van der Waals surface area contributed by atoms with Gasteiger partial charge in [-0.2, -0.15) is 9.36 Å². The van der Waals surface area contributed by atoms with Crippen LogP contribution in [-0.2, 0) is 4.79 Å². The minimum Gasteiger partial charge on any atom is -0.481 e. The Morgan fingerprint density at radius 3 is 2.80 bits per heavy atom. The monoisotopic (exact) mass is 378 g/mol. The van der Waals surface area contributed by atoms with Crippen LogP contribution in [0.2, 0.25) is 0 Å². The van der Waals surface area contributed by atoms with Crippen molar-refractivity contribution in [2.45, 2.75) is 23.4 Å². The van der Waals surface area contributed by atoms with Crippen LogP contribution in [0.15, 0.2) is 40.4 Å². The fourth-order valence-corrected chi connectivity index (χ4v) is 4.19. The smallest absolute Gasteiger partial charge is 0.323 e. The maximum Gasteiger partial charge on any atom is 0.323 e. The van der Waals surface area contributed by atoms with Gasteiger partial charge in [0.1, 0.15) is 0 Å². The molecule has 3 rings (SSSR count). The SMILES string of the molecule is CC1CC(C(=O)O)CN(C(=O)Nc2nc(Sc3ccccc3)ns2)C1. The number of benzene rings is 1. The number of amides is 2. The minimum absolute atomic E-state index is 0.152. The lowest BCUT2D eigenvalue weighted by Crippen LogP contribution is -2.47. The zero-order valence-corrected chi connectivity index (χ0v) is 15.2. The molecule has 7 nitrogen and oxygen atoms in total. The number of carbonyl (C=O) groups is 2. The molecule has 2 atom stereocenters. The van der Waals surface area contributed by atoms with Gasteiger partial charge in [-0.05, 0) is 36.2 Å². The Morgan fingerprint density at radius 2 is 2.08 bits per heavy atom. The molecule has 2 heterocycles.